The minimum atomic E-state index is -3.99. The molecule has 2 aromatic rings. The molecule has 196 valence electrons. The summed E-state index contributed by atoms with van der Waals surface area (Å²) >= 11 is 0. The van der Waals surface area contributed by atoms with E-state index < -0.39 is 33.4 Å². The number of aryl methyl sites for hydroxylation is 2. The molecule has 0 aliphatic carbocycles. The molecular formula is C25H34N4O6S. The van der Waals surface area contributed by atoms with Crippen LogP contribution in [0.25, 0.3) is 0 Å². The van der Waals surface area contributed by atoms with E-state index in [0.29, 0.717) is 18.5 Å². The largest absolute Gasteiger partial charge is 0.354 e. The van der Waals surface area contributed by atoms with Gasteiger partial charge < -0.3 is 10.2 Å². The standard InChI is InChI=1S/C25H34N4O6S/c1-6-14-26-25(31)22(7-2)27(16-20-11-8-18(3)9-12-20)24(30)17-28(36(5,34)35)23-15-21(29(32)33)13-10-19(23)4/h8-13,15,22H,6-7,14,16-17H2,1-5H3,(H,26,31)/t22-/m1/s1. The second kappa shape index (κ2) is 12.5. The predicted molar refractivity (Wildman–Crippen MR) is 139 cm³/mol. The first-order chi connectivity index (χ1) is 16.9. The van der Waals surface area contributed by atoms with Crippen molar-refractivity contribution in [3.8, 4) is 0 Å². The first-order valence-corrected chi connectivity index (χ1v) is 13.6. The van der Waals surface area contributed by atoms with E-state index >= 15 is 0 Å². The molecular weight excluding hydrogens is 484 g/mol. The van der Waals surface area contributed by atoms with Crippen molar-refractivity contribution in [2.75, 3.05) is 23.7 Å². The number of amides is 2. The molecule has 2 rings (SSSR count). The van der Waals surface area contributed by atoms with Gasteiger partial charge in [0.25, 0.3) is 5.69 Å². The van der Waals surface area contributed by atoms with Gasteiger partial charge in [-0.2, -0.15) is 0 Å². The number of carbonyl (C=O) groups excluding carboxylic acids is 2. The minimum absolute atomic E-state index is 0.0406. The van der Waals surface area contributed by atoms with Crippen LogP contribution in [-0.4, -0.2) is 55.4 Å². The Hall–Kier alpha value is -3.47. The van der Waals surface area contributed by atoms with E-state index in [0.717, 1.165) is 34.2 Å². The number of sulfonamides is 1. The summed E-state index contributed by atoms with van der Waals surface area (Å²) in [5.41, 5.74) is 2.02. The lowest BCUT2D eigenvalue weighted by atomic mass is 10.1. The van der Waals surface area contributed by atoms with Crippen molar-refractivity contribution < 1.29 is 22.9 Å². The van der Waals surface area contributed by atoms with Crippen molar-refractivity contribution in [2.45, 2.75) is 53.1 Å². The maximum absolute atomic E-state index is 13.7. The van der Waals surface area contributed by atoms with Crippen LogP contribution in [0.2, 0.25) is 0 Å². The maximum atomic E-state index is 13.7. The molecule has 0 aliphatic heterocycles. The highest BCUT2D eigenvalue weighted by Crippen LogP contribution is 2.28. The molecule has 10 nitrogen and oxygen atoms in total. The van der Waals surface area contributed by atoms with Gasteiger partial charge in [-0.1, -0.05) is 49.7 Å². The van der Waals surface area contributed by atoms with E-state index in [1.54, 1.807) is 13.8 Å². The van der Waals surface area contributed by atoms with E-state index in [-0.39, 0.29) is 23.8 Å². The molecule has 1 atom stereocenters. The molecule has 2 amide bonds. The van der Waals surface area contributed by atoms with Crippen molar-refractivity contribution in [1.82, 2.24) is 10.2 Å². The highest BCUT2D eigenvalue weighted by atomic mass is 32.2. The number of benzene rings is 2. The number of anilines is 1. The summed E-state index contributed by atoms with van der Waals surface area (Å²) in [5, 5.41) is 14.1. The van der Waals surface area contributed by atoms with Crippen LogP contribution < -0.4 is 9.62 Å². The Morgan fingerprint density at radius 3 is 2.25 bits per heavy atom. The Kier molecular flexibility index (Phi) is 9.97. The summed E-state index contributed by atoms with van der Waals surface area (Å²) in [6.07, 6.45) is 1.98. The summed E-state index contributed by atoms with van der Waals surface area (Å²) in [6, 6.07) is 10.5. The number of nitro benzene ring substituents is 1. The second-order valence-electron chi connectivity index (χ2n) is 8.72. The molecule has 2 aromatic carbocycles. The van der Waals surface area contributed by atoms with Gasteiger partial charge in [-0.15, -0.1) is 0 Å². The Balaban J connectivity index is 2.50. The maximum Gasteiger partial charge on any atom is 0.271 e. The molecule has 0 fully saturated rings. The van der Waals surface area contributed by atoms with E-state index in [4.69, 9.17) is 0 Å². The average molecular weight is 519 g/mol. The first-order valence-electron chi connectivity index (χ1n) is 11.7. The first kappa shape index (κ1) is 28.8. The summed E-state index contributed by atoms with van der Waals surface area (Å²) in [5.74, 6) is -0.914. The zero-order chi connectivity index (χ0) is 27.0. The number of hydrogen-bond acceptors (Lipinski definition) is 6. The number of nitro groups is 1. The lowest BCUT2D eigenvalue weighted by Crippen LogP contribution is -2.52. The number of nitrogens with zero attached hydrogens (tertiary/aromatic N) is 3. The van der Waals surface area contributed by atoms with Gasteiger partial charge in [0.15, 0.2) is 0 Å². The third-order valence-electron chi connectivity index (χ3n) is 5.76. The van der Waals surface area contributed by atoms with Gasteiger partial charge in [0.2, 0.25) is 21.8 Å². The lowest BCUT2D eigenvalue weighted by molar-refractivity contribution is -0.384. The molecule has 11 heteroatoms. The van der Waals surface area contributed by atoms with Gasteiger partial charge in [0, 0.05) is 25.2 Å². The van der Waals surface area contributed by atoms with Gasteiger partial charge >= 0.3 is 0 Å². The lowest BCUT2D eigenvalue weighted by Gasteiger charge is -2.33. The summed E-state index contributed by atoms with van der Waals surface area (Å²) < 4.78 is 26.3. The highest BCUT2D eigenvalue weighted by molar-refractivity contribution is 7.92. The van der Waals surface area contributed by atoms with Crippen molar-refractivity contribution in [2.24, 2.45) is 0 Å². The SMILES string of the molecule is CCCNC(=O)[C@@H](CC)N(Cc1ccc(C)cc1)C(=O)CN(c1cc([N+](=O)[O-])ccc1C)S(C)(=O)=O. The highest BCUT2D eigenvalue weighted by Gasteiger charge is 2.32. The monoisotopic (exact) mass is 518 g/mol. The molecule has 0 spiro atoms. The molecule has 0 heterocycles. The van der Waals surface area contributed by atoms with Crippen LogP contribution in [0.5, 0.6) is 0 Å². The number of nitrogens with one attached hydrogen (secondary N) is 1. The zero-order valence-corrected chi connectivity index (χ0v) is 22.2. The molecule has 0 bridgehead atoms. The normalized spacial score (nSPS) is 12.0. The van der Waals surface area contributed by atoms with E-state index in [9.17, 15) is 28.1 Å². The van der Waals surface area contributed by atoms with Crippen LogP contribution in [0.15, 0.2) is 42.5 Å². The molecule has 0 unspecified atom stereocenters. The van der Waals surface area contributed by atoms with Crippen LogP contribution >= 0.6 is 0 Å². The third kappa shape index (κ3) is 7.51. The predicted octanol–water partition coefficient (Wildman–Crippen LogP) is 3.31. The summed E-state index contributed by atoms with van der Waals surface area (Å²) in [7, 11) is -3.99. The van der Waals surface area contributed by atoms with Crippen LogP contribution in [-0.2, 0) is 26.2 Å². The Labute approximate surface area is 212 Å². The summed E-state index contributed by atoms with van der Waals surface area (Å²) in [4.78, 5) is 38.6. The average Bonchev–Trinajstić information content (AvgIpc) is 2.81. The van der Waals surface area contributed by atoms with E-state index in [1.807, 2.05) is 38.1 Å². The van der Waals surface area contributed by atoms with Gasteiger partial charge in [0.1, 0.15) is 12.6 Å². The quantitative estimate of drug-likeness (QED) is 0.339. The molecule has 36 heavy (non-hydrogen) atoms. The van der Waals surface area contributed by atoms with Crippen molar-refractivity contribution >= 4 is 33.2 Å². The molecule has 0 saturated carbocycles. The van der Waals surface area contributed by atoms with Crippen LogP contribution in [0, 0.1) is 24.0 Å². The fraction of sp³-hybridized carbons (Fsp3) is 0.440. The Morgan fingerprint density at radius 1 is 1.08 bits per heavy atom. The van der Waals surface area contributed by atoms with E-state index in [2.05, 4.69) is 5.32 Å². The molecule has 1 N–H and O–H groups in total. The number of non-ortho nitro benzene ring substituents is 1. The van der Waals surface area contributed by atoms with Gasteiger partial charge in [-0.3, -0.25) is 24.0 Å². The van der Waals surface area contributed by atoms with Crippen molar-refractivity contribution in [1.29, 1.82) is 0 Å². The molecule has 0 radical (unpaired) electrons. The molecule has 0 saturated heterocycles. The fourth-order valence-corrected chi connectivity index (χ4v) is 4.65. The topological polar surface area (TPSA) is 130 Å². The third-order valence-corrected chi connectivity index (χ3v) is 6.89. The van der Waals surface area contributed by atoms with Crippen LogP contribution in [0.1, 0.15) is 43.4 Å². The van der Waals surface area contributed by atoms with Gasteiger partial charge in [-0.05, 0) is 37.8 Å². The van der Waals surface area contributed by atoms with Gasteiger partial charge in [-0.25, -0.2) is 8.42 Å². The smallest absolute Gasteiger partial charge is 0.271 e. The van der Waals surface area contributed by atoms with E-state index in [1.165, 1.54) is 17.0 Å². The minimum Gasteiger partial charge on any atom is -0.354 e. The number of rotatable bonds is 12. The van der Waals surface area contributed by atoms with Crippen LogP contribution in [0.3, 0.4) is 0 Å². The number of carbonyl (C=O) groups is 2. The van der Waals surface area contributed by atoms with Crippen molar-refractivity contribution in [3.05, 3.63) is 69.3 Å². The number of hydrogen-bond donors (Lipinski definition) is 1. The Bertz CT molecular complexity index is 1200. The Morgan fingerprint density at radius 2 is 1.72 bits per heavy atom. The molecule has 0 aliphatic rings. The summed E-state index contributed by atoms with van der Waals surface area (Å²) in [6.45, 7) is 7.19. The van der Waals surface area contributed by atoms with Crippen LogP contribution in [0.4, 0.5) is 11.4 Å². The second-order valence-corrected chi connectivity index (χ2v) is 10.6. The van der Waals surface area contributed by atoms with Gasteiger partial charge in [0.05, 0.1) is 16.9 Å². The fourth-order valence-electron chi connectivity index (χ4n) is 3.75. The molecule has 0 aromatic heterocycles. The van der Waals surface area contributed by atoms with Crippen molar-refractivity contribution in [3.63, 3.8) is 0 Å². The zero-order valence-electron chi connectivity index (χ0n) is 21.4.